The van der Waals surface area contributed by atoms with Crippen molar-refractivity contribution in [1.82, 2.24) is 9.78 Å². The molecular formula is C11H18FN3. The van der Waals surface area contributed by atoms with E-state index in [9.17, 15) is 4.39 Å². The number of hydrogen-bond donors (Lipinski definition) is 1. The molecule has 0 amide bonds. The summed E-state index contributed by atoms with van der Waals surface area (Å²) in [6.07, 6.45) is 3.29. The van der Waals surface area contributed by atoms with Crippen LogP contribution in [-0.4, -0.2) is 9.78 Å². The average Bonchev–Trinajstić information content (AvgIpc) is 2.61. The number of rotatable bonds is 1. The Kier molecular flexibility index (Phi) is 2.24. The second-order valence-electron chi connectivity index (χ2n) is 5.14. The van der Waals surface area contributed by atoms with Crippen LogP contribution in [0.5, 0.6) is 0 Å². The zero-order chi connectivity index (χ0) is 11.2. The monoisotopic (exact) mass is 211 g/mol. The number of aromatic nitrogens is 2. The molecule has 0 bridgehead atoms. The molecule has 15 heavy (non-hydrogen) atoms. The van der Waals surface area contributed by atoms with Gasteiger partial charge in [-0.3, -0.25) is 4.68 Å². The molecule has 1 aliphatic carbocycles. The predicted molar refractivity (Wildman–Crippen MR) is 58.0 cm³/mol. The summed E-state index contributed by atoms with van der Waals surface area (Å²) in [5.74, 6) is 0.0335. The number of nitrogens with two attached hydrogens (primary N) is 1. The largest absolute Gasteiger partial charge is 0.381 e. The highest BCUT2D eigenvalue weighted by atomic mass is 19.1. The van der Waals surface area contributed by atoms with Crippen LogP contribution in [0.15, 0.2) is 0 Å². The lowest BCUT2D eigenvalue weighted by Gasteiger charge is -2.25. The first-order valence-electron chi connectivity index (χ1n) is 5.41. The highest BCUT2D eigenvalue weighted by molar-refractivity contribution is 5.35. The van der Waals surface area contributed by atoms with Gasteiger partial charge in [-0.25, -0.2) is 4.39 Å². The van der Waals surface area contributed by atoms with E-state index in [4.69, 9.17) is 5.73 Å². The minimum absolute atomic E-state index is 0.141. The van der Waals surface area contributed by atoms with E-state index < -0.39 is 0 Å². The Balaban J connectivity index is 2.42. The van der Waals surface area contributed by atoms with Gasteiger partial charge in [0.25, 0.3) is 0 Å². The first-order chi connectivity index (χ1) is 6.93. The molecule has 1 fully saturated rings. The third kappa shape index (κ3) is 1.52. The van der Waals surface area contributed by atoms with Gasteiger partial charge in [0.15, 0.2) is 11.6 Å². The van der Waals surface area contributed by atoms with E-state index in [1.165, 1.54) is 4.68 Å². The van der Waals surface area contributed by atoms with Crippen molar-refractivity contribution in [3.63, 3.8) is 0 Å². The number of aryl methyl sites for hydroxylation is 1. The quantitative estimate of drug-likeness (QED) is 0.775. The van der Waals surface area contributed by atoms with E-state index >= 15 is 0 Å². The molecule has 0 aromatic carbocycles. The third-order valence-corrected chi connectivity index (χ3v) is 3.64. The molecule has 1 atom stereocenters. The van der Waals surface area contributed by atoms with Gasteiger partial charge < -0.3 is 5.73 Å². The Labute approximate surface area is 89.5 Å². The fourth-order valence-electron chi connectivity index (χ4n) is 2.59. The van der Waals surface area contributed by atoms with Crippen LogP contribution in [0.1, 0.15) is 44.7 Å². The van der Waals surface area contributed by atoms with Crippen molar-refractivity contribution in [2.24, 2.45) is 12.5 Å². The molecule has 0 spiro atoms. The zero-order valence-corrected chi connectivity index (χ0v) is 9.55. The molecule has 2 N–H and O–H groups in total. The summed E-state index contributed by atoms with van der Waals surface area (Å²) < 4.78 is 15.2. The van der Waals surface area contributed by atoms with Crippen LogP contribution in [0, 0.1) is 11.2 Å². The topological polar surface area (TPSA) is 43.8 Å². The molecule has 1 heterocycles. The number of anilines is 1. The Morgan fingerprint density at radius 2 is 2.20 bits per heavy atom. The van der Waals surface area contributed by atoms with Crippen molar-refractivity contribution >= 4 is 5.82 Å². The fourth-order valence-corrected chi connectivity index (χ4v) is 2.59. The molecule has 0 aliphatic heterocycles. The van der Waals surface area contributed by atoms with Crippen molar-refractivity contribution in [1.29, 1.82) is 0 Å². The van der Waals surface area contributed by atoms with Gasteiger partial charge in [-0.2, -0.15) is 5.10 Å². The fraction of sp³-hybridized carbons (Fsp3) is 0.727. The maximum Gasteiger partial charge on any atom is 0.188 e. The van der Waals surface area contributed by atoms with Crippen LogP contribution in [0.2, 0.25) is 0 Å². The van der Waals surface area contributed by atoms with Gasteiger partial charge in [0.2, 0.25) is 0 Å². The van der Waals surface area contributed by atoms with Crippen LogP contribution in [0.25, 0.3) is 0 Å². The second-order valence-corrected chi connectivity index (χ2v) is 5.14. The van der Waals surface area contributed by atoms with Crippen LogP contribution in [-0.2, 0) is 7.05 Å². The summed E-state index contributed by atoms with van der Waals surface area (Å²) in [4.78, 5) is 0. The van der Waals surface area contributed by atoms with Crippen molar-refractivity contribution in [2.75, 3.05) is 5.73 Å². The molecule has 1 aromatic heterocycles. The molecule has 1 unspecified atom stereocenters. The number of nitrogen functional groups attached to an aromatic ring is 1. The summed E-state index contributed by atoms with van der Waals surface area (Å²) in [5, 5.41) is 4.20. The average molecular weight is 211 g/mol. The minimum atomic E-state index is -0.322. The molecule has 0 radical (unpaired) electrons. The van der Waals surface area contributed by atoms with Crippen LogP contribution >= 0.6 is 0 Å². The van der Waals surface area contributed by atoms with E-state index in [0.29, 0.717) is 5.69 Å². The molecule has 2 rings (SSSR count). The first kappa shape index (κ1) is 10.5. The molecule has 0 saturated heterocycles. The Morgan fingerprint density at radius 1 is 1.53 bits per heavy atom. The van der Waals surface area contributed by atoms with Crippen LogP contribution in [0.4, 0.5) is 10.2 Å². The van der Waals surface area contributed by atoms with E-state index in [0.717, 1.165) is 19.3 Å². The first-order valence-corrected chi connectivity index (χ1v) is 5.41. The minimum Gasteiger partial charge on any atom is -0.381 e. The number of nitrogens with zero attached hydrogens (tertiary/aromatic N) is 2. The summed E-state index contributed by atoms with van der Waals surface area (Å²) in [7, 11) is 1.68. The van der Waals surface area contributed by atoms with Gasteiger partial charge in [-0.15, -0.1) is 0 Å². The molecule has 4 heteroatoms. The van der Waals surface area contributed by atoms with Crippen LogP contribution < -0.4 is 5.73 Å². The van der Waals surface area contributed by atoms with E-state index in [1.54, 1.807) is 7.05 Å². The third-order valence-electron chi connectivity index (χ3n) is 3.64. The smallest absolute Gasteiger partial charge is 0.188 e. The van der Waals surface area contributed by atoms with E-state index in [2.05, 4.69) is 18.9 Å². The van der Waals surface area contributed by atoms with Gasteiger partial charge in [0.1, 0.15) is 5.69 Å². The lowest BCUT2D eigenvalue weighted by atomic mass is 9.80. The molecular weight excluding hydrogens is 193 g/mol. The van der Waals surface area contributed by atoms with E-state index in [1.807, 2.05) is 0 Å². The molecule has 84 valence electrons. The SMILES string of the molecule is Cn1nc(C2CCCC2(C)C)c(F)c1N. The Bertz CT molecular complexity index is 381. The van der Waals surface area contributed by atoms with Gasteiger partial charge in [-0.1, -0.05) is 20.3 Å². The number of halogens is 1. The zero-order valence-electron chi connectivity index (χ0n) is 9.55. The van der Waals surface area contributed by atoms with Crippen molar-refractivity contribution < 1.29 is 4.39 Å². The summed E-state index contributed by atoms with van der Waals surface area (Å²) >= 11 is 0. The summed E-state index contributed by atoms with van der Waals surface area (Å²) in [5.41, 5.74) is 6.28. The van der Waals surface area contributed by atoms with Crippen LogP contribution in [0.3, 0.4) is 0 Å². The predicted octanol–water partition coefficient (Wildman–Crippen LogP) is 2.44. The standard InChI is InChI=1S/C11H18FN3/c1-11(2)6-4-5-7(11)9-8(12)10(13)15(3)14-9/h7H,4-6,13H2,1-3H3. The maximum absolute atomic E-state index is 13.8. The molecule has 1 saturated carbocycles. The summed E-state index contributed by atoms with van der Waals surface area (Å²) in [6.45, 7) is 4.35. The lowest BCUT2D eigenvalue weighted by molar-refractivity contribution is 0.319. The van der Waals surface area contributed by atoms with E-state index in [-0.39, 0.29) is 23.0 Å². The maximum atomic E-state index is 13.8. The highest BCUT2D eigenvalue weighted by Gasteiger charge is 2.39. The van der Waals surface area contributed by atoms with Crippen molar-refractivity contribution in [3.8, 4) is 0 Å². The normalized spacial score (nSPS) is 24.7. The molecule has 1 aliphatic rings. The molecule has 3 nitrogen and oxygen atoms in total. The molecule has 1 aromatic rings. The summed E-state index contributed by atoms with van der Waals surface area (Å²) in [6, 6.07) is 0. The van der Waals surface area contributed by atoms with Crippen molar-refractivity contribution in [3.05, 3.63) is 11.5 Å². The highest BCUT2D eigenvalue weighted by Crippen LogP contribution is 2.49. The van der Waals surface area contributed by atoms with Gasteiger partial charge >= 0.3 is 0 Å². The lowest BCUT2D eigenvalue weighted by Crippen LogP contribution is -2.17. The number of hydrogen-bond acceptors (Lipinski definition) is 2. The van der Waals surface area contributed by atoms with Gasteiger partial charge in [0.05, 0.1) is 0 Å². The van der Waals surface area contributed by atoms with Gasteiger partial charge in [0, 0.05) is 13.0 Å². The Hall–Kier alpha value is -1.06. The second kappa shape index (κ2) is 3.22. The van der Waals surface area contributed by atoms with Gasteiger partial charge in [-0.05, 0) is 18.3 Å². The van der Waals surface area contributed by atoms with Crippen molar-refractivity contribution in [2.45, 2.75) is 39.0 Å². The Morgan fingerprint density at radius 3 is 2.60 bits per heavy atom.